The summed E-state index contributed by atoms with van der Waals surface area (Å²) in [4.78, 5) is 14.3. The number of esters is 1. The van der Waals surface area contributed by atoms with E-state index in [1.54, 1.807) is 6.07 Å². The molecule has 1 atom stereocenters. The van der Waals surface area contributed by atoms with Gasteiger partial charge in [0.25, 0.3) is 0 Å². The predicted octanol–water partition coefficient (Wildman–Crippen LogP) is 5.18. The Balaban J connectivity index is 1.69. The van der Waals surface area contributed by atoms with Crippen LogP contribution in [0.2, 0.25) is 0 Å². The van der Waals surface area contributed by atoms with E-state index in [1.807, 2.05) is 31.2 Å². The Labute approximate surface area is 171 Å². The van der Waals surface area contributed by atoms with E-state index in [-0.39, 0.29) is 12.0 Å². The van der Waals surface area contributed by atoms with E-state index in [0.29, 0.717) is 18.7 Å². The number of anilines is 1. The van der Waals surface area contributed by atoms with Crippen LogP contribution >= 0.6 is 0 Å². The van der Waals surface area contributed by atoms with Gasteiger partial charge in [-0.1, -0.05) is 42.5 Å². The number of benzene rings is 3. The minimum absolute atomic E-state index is 0.241. The first-order valence-electron chi connectivity index (χ1n) is 9.94. The van der Waals surface area contributed by atoms with Crippen molar-refractivity contribution in [3.8, 4) is 5.75 Å². The van der Waals surface area contributed by atoms with Crippen molar-refractivity contribution in [2.45, 2.75) is 25.9 Å². The van der Waals surface area contributed by atoms with Crippen molar-refractivity contribution in [1.82, 2.24) is 0 Å². The van der Waals surface area contributed by atoms with Crippen molar-refractivity contribution in [3.63, 3.8) is 0 Å². The number of hydrogen-bond acceptors (Lipinski definition) is 4. The molecule has 0 saturated heterocycles. The molecular formula is C25H25NO3. The van der Waals surface area contributed by atoms with Gasteiger partial charge in [-0.05, 0) is 60.4 Å². The van der Waals surface area contributed by atoms with Gasteiger partial charge in [0.2, 0.25) is 0 Å². The molecule has 1 aliphatic heterocycles. The molecule has 0 aromatic heterocycles. The van der Waals surface area contributed by atoms with Gasteiger partial charge in [0.1, 0.15) is 5.75 Å². The van der Waals surface area contributed by atoms with Crippen molar-refractivity contribution in [3.05, 3.63) is 95.1 Å². The van der Waals surface area contributed by atoms with Gasteiger partial charge in [0.05, 0.1) is 25.3 Å². The van der Waals surface area contributed by atoms with Gasteiger partial charge in [-0.25, -0.2) is 4.79 Å². The zero-order chi connectivity index (χ0) is 20.2. The minimum Gasteiger partial charge on any atom is -0.494 e. The fourth-order valence-corrected chi connectivity index (χ4v) is 4.03. The molecule has 0 radical (unpaired) electrons. The van der Waals surface area contributed by atoms with Crippen LogP contribution in [-0.4, -0.2) is 19.7 Å². The van der Waals surface area contributed by atoms with Crippen molar-refractivity contribution in [2.75, 3.05) is 18.6 Å². The highest BCUT2D eigenvalue weighted by atomic mass is 16.5. The lowest BCUT2D eigenvalue weighted by molar-refractivity contribution is 0.0600. The van der Waals surface area contributed by atoms with Gasteiger partial charge in [0.15, 0.2) is 0 Å². The van der Waals surface area contributed by atoms with Crippen molar-refractivity contribution in [1.29, 1.82) is 0 Å². The van der Waals surface area contributed by atoms with Crippen LogP contribution in [0.5, 0.6) is 5.75 Å². The van der Waals surface area contributed by atoms with E-state index in [4.69, 9.17) is 9.47 Å². The van der Waals surface area contributed by atoms with Gasteiger partial charge < -0.3 is 14.4 Å². The number of ether oxygens (including phenoxy) is 2. The average Bonchev–Trinajstić information content (AvgIpc) is 3.12. The molecular weight excluding hydrogens is 362 g/mol. The highest BCUT2D eigenvalue weighted by Gasteiger charge is 2.31. The van der Waals surface area contributed by atoms with Crippen LogP contribution in [0.25, 0.3) is 0 Å². The predicted molar refractivity (Wildman–Crippen MR) is 114 cm³/mol. The number of methoxy groups -OCH3 is 1. The Hall–Kier alpha value is -3.27. The number of fused-ring (bicyclic) bond motifs is 1. The summed E-state index contributed by atoms with van der Waals surface area (Å²) in [5.41, 5.74) is 5.44. The smallest absolute Gasteiger partial charge is 0.337 e. The van der Waals surface area contributed by atoms with Gasteiger partial charge in [-0.2, -0.15) is 0 Å². The lowest BCUT2D eigenvalue weighted by Crippen LogP contribution is -2.24. The van der Waals surface area contributed by atoms with Crippen LogP contribution in [0, 0.1) is 0 Å². The first-order chi connectivity index (χ1) is 14.2. The van der Waals surface area contributed by atoms with Crippen molar-refractivity contribution >= 4 is 11.7 Å². The standard InChI is InChI=1S/C25H25NO3/c1-3-29-22-12-13-23-21(15-22)16-24(19-9-5-4-6-10-19)26(23)17-18-8-7-11-20(14-18)25(27)28-2/h4-15,24H,3,16-17H2,1-2H3. The Morgan fingerprint density at radius 3 is 2.62 bits per heavy atom. The van der Waals surface area contributed by atoms with Crippen LogP contribution in [0.1, 0.15) is 40.0 Å². The molecule has 3 aromatic carbocycles. The molecule has 1 heterocycles. The monoisotopic (exact) mass is 387 g/mol. The van der Waals surface area contributed by atoms with E-state index in [1.165, 1.54) is 23.9 Å². The molecule has 3 aromatic rings. The average molecular weight is 387 g/mol. The molecule has 0 N–H and O–H groups in total. The molecule has 0 spiro atoms. The summed E-state index contributed by atoms with van der Waals surface area (Å²) in [5.74, 6) is 0.599. The lowest BCUT2D eigenvalue weighted by Gasteiger charge is -2.28. The summed E-state index contributed by atoms with van der Waals surface area (Å²) in [6, 6.07) is 24.8. The maximum Gasteiger partial charge on any atom is 0.337 e. The van der Waals surface area contributed by atoms with E-state index in [9.17, 15) is 4.79 Å². The van der Waals surface area contributed by atoms with E-state index in [2.05, 4.69) is 47.4 Å². The number of nitrogens with zero attached hydrogens (tertiary/aromatic N) is 1. The number of rotatable bonds is 6. The summed E-state index contributed by atoms with van der Waals surface area (Å²) >= 11 is 0. The third-order valence-electron chi connectivity index (χ3n) is 5.35. The van der Waals surface area contributed by atoms with Crippen molar-refractivity contribution < 1.29 is 14.3 Å². The summed E-state index contributed by atoms with van der Waals surface area (Å²) < 4.78 is 10.6. The molecule has 0 aliphatic carbocycles. The number of hydrogen-bond donors (Lipinski definition) is 0. The second-order valence-corrected chi connectivity index (χ2v) is 7.17. The normalized spacial score (nSPS) is 15.1. The maximum absolute atomic E-state index is 11.9. The van der Waals surface area contributed by atoms with Crippen LogP contribution in [0.15, 0.2) is 72.8 Å². The third kappa shape index (κ3) is 3.97. The third-order valence-corrected chi connectivity index (χ3v) is 5.35. The molecule has 29 heavy (non-hydrogen) atoms. The summed E-state index contributed by atoms with van der Waals surface area (Å²) in [6.07, 6.45) is 0.928. The molecule has 0 amide bonds. The van der Waals surface area contributed by atoms with Gasteiger partial charge in [0, 0.05) is 12.2 Å². The fraction of sp³-hybridized carbons (Fsp3) is 0.240. The van der Waals surface area contributed by atoms with Gasteiger partial charge >= 0.3 is 5.97 Å². The van der Waals surface area contributed by atoms with Crippen LogP contribution < -0.4 is 9.64 Å². The molecule has 1 aliphatic rings. The Morgan fingerprint density at radius 2 is 1.86 bits per heavy atom. The van der Waals surface area contributed by atoms with Gasteiger partial charge in [-0.15, -0.1) is 0 Å². The molecule has 4 rings (SSSR count). The first-order valence-corrected chi connectivity index (χ1v) is 9.94. The highest BCUT2D eigenvalue weighted by Crippen LogP contribution is 2.42. The summed E-state index contributed by atoms with van der Waals surface area (Å²) in [7, 11) is 1.41. The molecule has 1 unspecified atom stereocenters. The second-order valence-electron chi connectivity index (χ2n) is 7.17. The largest absolute Gasteiger partial charge is 0.494 e. The molecule has 4 nitrogen and oxygen atoms in total. The van der Waals surface area contributed by atoms with Crippen LogP contribution in [-0.2, 0) is 17.7 Å². The SMILES string of the molecule is CCOc1ccc2c(c1)CC(c1ccccc1)N2Cc1cccc(C(=O)OC)c1. The molecule has 0 bridgehead atoms. The summed E-state index contributed by atoms with van der Waals surface area (Å²) in [6.45, 7) is 3.37. The van der Waals surface area contributed by atoms with E-state index >= 15 is 0 Å². The van der Waals surface area contributed by atoms with Crippen LogP contribution in [0.4, 0.5) is 5.69 Å². The Morgan fingerprint density at radius 1 is 1.03 bits per heavy atom. The highest BCUT2D eigenvalue weighted by molar-refractivity contribution is 5.89. The minimum atomic E-state index is -0.311. The molecule has 148 valence electrons. The van der Waals surface area contributed by atoms with E-state index < -0.39 is 0 Å². The number of carbonyl (C=O) groups is 1. The number of carbonyl (C=O) groups excluding carboxylic acids is 1. The van der Waals surface area contributed by atoms with Crippen molar-refractivity contribution in [2.24, 2.45) is 0 Å². The zero-order valence-electron chi connectivity index (χ0n) is 16.8. The van der Waals surface area contributed by atoms with Crippen LogP contribution in [0.3, 0.4) is 0 Å². The molecule has 4 heteroatoms. The van der Waals surface area contributed by atoms with Gasteiger partial charge in [-0.3, -0.25) is 0 Å². The second kappa shape index (κ2) is 8.39. The molecule has 0 saturated carbocycles. The molecule has 0 fully saturated rings. The fourth-order valence-electron chi connectivity index (χ4n) is 4.03. The Kier molecular flexibility index (Phi) is 5.52. The lowest BCUT2D eigenvalue weighted by atomic mass is 10.0. The maximum atomic E-state index is 11.9. The van der Waals surface area contributed by atoms with E-state index in [0.717, 1.165) is 17.7 Å². The quantitative estimate of drug-likeness (QED) is 0.547. The first kappa shape index (κ1) is 19.1. The summed E-state index contributed by atoms with van der Waals surface area (Å²) in [5, 5.41) is 0. The topological polar surface area (TPSA) is 38.8 Å². The Bertz CT molecular complexity index is 1000. The zero-order valence-corrected chi connectivity index (χ0v) is 16.8.